The maximum Gasteiger partial charge on any atom is 0.410 e. The molecule has 1 N–H and O–H groups in total. The van der Waals surface area contributed by atoms with Gasteiger partial charge in [-0.05, 0) is 110 Å². The van der Waals surface area contributed by atoms with Crippen LogP contribution < -0.4 is 9.80 Å². The van der Waals surface area contributed by atoms with E-state index in [1.165, 1.54) is 33.6 Å². The smallest absolute Gasteiger partial charge is 0.410 e. The first-order valence-electron chi connectivity index (χ1n) is 23.8. The van der Waals surface area contributed by atoms with Crippen molar-refractivity contribution in [1.29, 1.82) is 0 Å². The molecular weight excluding hydrogens is 857 g/mol. The van der Waals surface area contributed by atoms with Crippen molar-refractivity contribution >= 4 is 33.7 Å². The number of hydrogen-bond donors (Lipinski definition) is 1. The Bertz CT molecular complexity index is 2190. The van der Waals surface area contributed by atoms with Crippen molar-refractivity contribution in [3.05, 3.63) is 88.5 Å². The average molecular weight is 933 g/mol. The highest BCUT2D eigenvalue weighted by Gasteiger charge is 2.31. The Morgan fingerprint density at radius 2 is 1.03 bits per heavy atom. The number of amides is 2. The summed E-state index contributed by atoms with van der Waals surface area (Å²) < 4.78 is 41.8. The lowest BCUT2D eigenvalue weighted by Gasteiger charge is -2.36. The zero-order valence-corrected chi connectivity index (χ0v) is 41.9. The van der Waals surface area contributed by atoms with Gasteiger partial charge in [-0.1, -0.05) is 54.1 Å². The van der Waals surface area contributed by atoms with E-state index in [0.717, 1.165) is 83.9 Å². The molecule has 3 aromatic rings. The van der Waals surface area contributed by atoms with Crippen LogP contribution in [0, 0.1) is 32.6 Å². The molecule has 0 bridgehead atoms. The molecule has 14 nitrogen and oxygen atoms in total. The summed E-state index contributed by atoms with van der Waals surface area (Å²) in [6, 6.07) is 19.7. The number of hydrogen-bond acceptors (Lipinski definition) is 12. The highest BCUT2D eigenvalue weighted by atomic mass is 32.2. The number of carbonyl (C=O) groups is 2. The summed E-state index contributed by atoms with van der Waals surface area (Å²) in [5.74, 6) is 0.518. The molecule has 0 aliphatic carbocycles. The van der Waals surface area contributed by atoms with Crippen molar-refractivity contribution in [2.24, 2.45) is 11.8 Å². The number of rotatable bonds is 11. The molecule has 4 saturated heterocycles. The summed E-state index contributed by atoms with van der Waals surface area (Å²) in [6.45, 7) is 29.3. The van der Waals surface area contributed by atoms with Gasteiger partial charge in [-0.2, -0.15) is 8.42 Å². The zero-order chi connectivity index (χ0) is 47.8. The third-order valence-electron chi connectivity index (χ3n) is 12.7. The Morgan fingerprint density at radius 3 is 1.44 bits per heavy atom. The molecule has 3 aromatic carbocycles. The van der Waals surface area contributed by atoms with Crippen LogP contribution in [0.2, 0.25) is 0 Å². The van der Waals surface area contributed by atoms with Gasteiger partial charge in [0.15, 0.2) is 0 Å². The minimum absolute atomic E-state index is 0.139. The van der Waals surface area contributed by atoms with E-state index in [2.05, 4.69) is 69.8 Å². The lowest BCUT2D eigenvalue weighted by Crippen LogP contribution is -2.49. The van der Waals surface area contributed by atoms with Crippen molar-refractivity contribution in [3.63, 3.8) is 0 Å². The normalized spacial score (nSPS) is 20.0. The predicted molar refractivity (Wildman–Crippen MR) is 261 cm³/mol. The molecule has 4 aliphatic rings. The average Bonchev–Trinajstić information content (AvgIpc) is 3.93. The minimum atomic E-state index is -3.77. The second kappa shape index (κ2) is 22.1. The van der Waals surface area contributed by atoms with Crippen LogP contribution in [0.15, 0.2) is 65.6 Å². The number of ether oxygens (including phenoxy) is 2. The number of piperazine rings is 2. The van der Waals surface area contributed by atoms with Crippen LogP contribution in [-0.2, 0) is 36.9 Å². The molecule has 15 heteroatoms. The summed E-state index contributed by atoms with van der Waals surface area (Å²) >= 11 is 0. The van der Waals surface area contributed by atoms with E-state index in [0.29, 0.717) is 32.1 Å². The van der Waals surface area contributed by atoms with E-state index in [4.69, 9.17) is 13.7 Å². The SMILES string of the molecule is Cc1ccc(S(=O)(=O)OC[C@H]2CCN(c3c(C)cccc3CN3CCN(C(=O)OC(C)(C)C)CC3)C2)cc1.Cc1cccc(CN2CCN(C(=O)OC(C)(C)C)CC2)c1N1CC[C@H](CO)C1. The van der Waals surface area contributed by atoms with Gasteiger partial charge < -0.3 is 34.2 Å². The summed E-state index contributed by atoms with van der Waals surface area (Å²) in [5.41, 5.74) is 7.72. The van der Waals surface area contributed by atoms with Gasteiger partial charge in [-0.3, -0.25) is 14.0 Å². The largest absolute Gasteiger partial charge is 0.444 e. The van der Waals surface area contributed by atoms with E-state index in [-0.39, 0.29) is 36.2 Å². The van der Waals surface area contributed by atoms with Crippen molar-refractivity contribution in [2.75, 3.05) is 102 Å². The maximum atomic E-state index is 12.6. The highest BCUT2D eigenvalue weighted by Crippen LogP contribution is 2.33. The topological polar surface area (TPSA) is 136 Å². The van der Waals surface area contributed by atoms with Crippen molar-refractivity contribution in [2.45, 2.75) is 104 Å². The molecule has 2 amide bonds. The van der Waals surface area contributed by atoms with Crippen LogP contribution in [-0.4, -0.2) is 148 Å². The Labute approximate surface area is 394 Å². The second-order valence-corrected chi connectivity index (χ2v) is 22.2. The first-order chi connectivity index (χ1) is 31.2. The van der Waals surface area contributed by atoms with Crippen molar-refractivity contribution in [1.82, 2.24) is 19.6 Å². The number of aryl methyl sites for hydroxylation is 3. The van der Waals surface area contributed by atoms with Crippen molar-refractivity contribution in [3.8, 4) is 0 Å². The van der Waals surface area contributed by atoms with Crippen LogP contribution in [0.1, 0.15) is 82.2 Å². The molecule has 2 atom stereocenters. The molecule has 4 heterocycles. The number of nitrogens with zero attached hydrogens (tertiary/aromatic N) is 6. The lowest BCUT2D eigenvalue weighted by molar-refractivity contribution is 0.0129. The fraction of sp³-hybridized carbons (Fsp3) is 0.608. The summed E-state index contributed by atoms with van der Waals surface area (Å²) in [5, 5.41) is 9.49. The fourth-order valence-corrected chi connectivity index (χ4v) is 10.2. The summed E-state index contributed by atoms with van der Waals surface area (Å²) in [7, 11) is -3.77. The Hall–Kier alpha value is -4.41. The Balaban J connectivity index is 0.000000229. The maximum absolute atomic E-state index is 12.6. The second-order valence-electron chi connectivity index (χ2n) is 20.6. The first-order valence-corrected chi connectivity index (χ1v) is 25.2. The van der Waals surface area contributed by atoms with Crippen molar-refractivity contribution < 1.29 is 36.8 Å². The number of aliphatic hydroxyl groups excluding tert-OH is 1. The monoisotopic (exact) mass is 933 g/mol. The van der Waals surface area contributed by atoms with Crippen LogP contribution in [0.5, 0.6) is 0 Å². The number of aliphatic hydroxyl groups is 1. The summed E-state index contributed by atoms with van der Waals surface area (Å²) in [6.07, 6.45) is 1.48. The van der Waals surface area contributed by atoms with Crippen LogP contribution in [0.4, 0.5) is 21.0 Å². The molecule has 0 aromatic heterocycles. The number of carbonyl (C=O) groups excluding carboxylic acids is 2. The molecule has 4 fully saturated rings. The Kier molecular flexibility index (Phi) is 17.1. The van der Waals surface area contributed by atoms with E-state index < -0.39 is 21.3 Å². The van der Waals surface area contributed by atoms with Gasteiger partial charge in [-0.15, -0.1) is 0 Å². The molecule has 0 radical (unpaired) electrons. The highest BCUT2D eigenvalue weighted by molar-refractivity contribution is 7.86. The molecule has 0 spiro atoms. The van der Waals surface area contributed by atoms with E-state index in [1.54, 1.807) is 29.2 Å². The van der Waals surface area contributed by atoms with Crippen LogP contribution in [0.3, 0.4) is 0 Å². The standard InChI is InChI=1S/C29H41N3O5S.C22H35N3O3/c1-22-9-11-26(12-10-22)38(34,35)36-21-24-13-14-32(19-24)27-23(2)7-6-8-25(27)20-30-15-17-31(18-16-30)28(33)37-29(3,4)5;1-17-6-5-7-19(20(17)25-9-8-18(14-25)16-26)15-23-10-12-24(13-11-23)21(27)28-22(2,3)4/h6-12,24H,13-21H2,1-5H3;5-7,18,26H,8-16H2,1-4H3/t24-;18-/m00/s1. The Morgan fingerprint density at radius 1 is 0.606 bits per heavy atom. The lowest BCUT2D eigenvalue weighted by atomic mass is 10.1. The van der Waals surface area contributed by atoms with E-state index in [9.17, 15) is 23.1 Å². The van der Waals surface area contributed by atoms with Gasteiger partial charge >= 0.3 is 12.2 Å². The van der Waals surface area contributed by atoms with Crippen LogP contribution >= 0.6 is 0 Å². The van der Waals surface area contributed by atoms with Gasteiger partial charge in [0, 0.05) is 121 Å². The minimum Gasteiger partial charge on any atom is -0.444 e. The molecule has 4 aliphatic heterocycles. The number of anilines is 2. The number of benzene rings is 3. The molecule has 66 heavy (non-hydrogen) atoms. The third-order valence-corrected chi connectivity index (χ3v) is 14.0. The van der Waals surface area contributed by atoms with E-state index >= 15 is 0 Å². The predicted octanol–water partition coefficient (Wildman–Crippen LogP) is 7.45. The van der Waals surface area contributed by atoms with Gasteiger partial charge in [0.1, 0.15) is 11.2 Å². The first kappa shape index (κ1) is 51.0. The third kappa shape index (κ3) is 14.3. The van der Waals surface area contributed by atoms with Gasteiger partial charge in [0.05, 0.1) is 11.5 Å². The molecule has 0 saturated carbocycles. The quantitative estimate of drug-likeness (QED) is 0.191. The summed E-state index contributed by atoms with van der Waals surface area (Å²) in [4.78, 5) is 38.1. The van der Waals surface area contributed by atoms with Gasteiger partial charge in [-0.25, -0.2) is 9.59 Å². The van der Waals surface area contributed by atoms with Crippen LogP contribution in [0.25, 0.3) is 0 Å². The van der Waals surface area contributed by atoms with E-state index in [1.807, 2.05) is 53.4 Å². The zero-order valence-electron chi connectivity index (χ0n) is 41.1. The molecule has 364 valence electrons. The molecular formula is C51H76N6O8S. The van der Waals surface area contributed by atoms with Gasteiger partial charge in [0.2, 0.25) is 0 Å². The fourth-order valence-electron chi connectivity index (χ4n) is 9.23. The van der Waals surface area contributed by atoms with Gasteiger partial charge in [0.25, 0.3) is 10.1 Å². The molecule has 0 unspecified atom stereocenters. The number of para-hydroxylation sites is 2. The molecule has 7 rings (SSSR count).